The van der Waals surface area contributed by atoms with E-state index in [1.54, 1.807) is 10.9 Å². The fraction of sp³-hybridized carbons (Fsp3) is 0.636. The molecule has 0 saturated carbocycles. The van der Waals surface area contributed by atoms with Crippen LogP contribution in [0, 0.1) is 12.3 Å². The van der Waals surface area contributed by atoms with Crippen molar-refractivity contribution < 1.29 is 19.7 Å². The number of hydrogen-bond donors (Lipinski definition) is 3. The van der Waals surface area contributed by atoms with Gasteiger partial charge in [-0.15, -0.1) is 6.42 Å². The van der Waals surface area contributed by atoms with E-state index in [0.717, 1.165) is 38.8 Å². The van der Waals surface area contributed by atoms with Gasteiger partial charge in [-0.05, 0) is 12.8 Å². The van der Waals surface area contributed by atoms with E-state index in [9.17, 15) is 10.2 Å². The van der Waals surface area contributed by atoms with Gasteiger partial charge in [0.05, 0.1) is 19.3 Å². The molecule has 11 heteroatoms. The summed E-state index contributed by atoms with van der Waals surface area (Å²) >= 11 is 0. The minimum absolute atomic E-state index is 0.0234. The first kappa shape index (κ1) is 24.9. The summed E-state index contributed by atoms with van der Waals surface area (Å²) < 4.78 is 13.0. The van der Waals surface area contributed by atoms with Crippen molar-refractivity contribution in [1.29, 1.82) is 0 Å². The Kier molecular flexibility index (Phi) is 8.96. The largest absolute Gasteiger partial charge is 0.394 e. The number of fused-ring (bicyclic) bond motifs is 1. The van der Waals surface area contributed by atoms with Crippen molar-refractivity contribution in [1.82, 2.24) is 24.4 Å². The minimum atomic E-state index is -1.08. The third kappa shape index (κ3) is 5.78. The molecule has 0 unspecified atom stereocenters. The van der Waals surface area contributed by atoms with Crippen LogP contribution in [0.1, 0.15) is 45.8 Å². The lowest BCUT2D eigenvalue weighted by atomic mass is 10.1. The van der Waals surface area contributed by atoms with Crippen LogP contribution in [0.3, 0.4) is 0 Å². The number of hydrogen-bond acceptors (Lipinski definition) is 9. The SMILES string of the molecule is C#CCO[C@@H]1[C@H](O)[C@@H](CO)O[C@H]1n1cnc2c(/N=C/N(CCCC)CCCC)nc(N)nc21. The summed E-state index contributed by atoms with van der Waals surface area (Å²) in [6, 6.07) is 0. The molecule has 0 spiro atoms. The normalized spacial score (nSPS) is 22.9. The Bertz CT molecular complexity index is 966. The number of ether oxygens (including phenoxy) is 2. The zero-order valence-corrected chi connectivity index (χ0v) is 19.2. The highest BCUT2D eigenvalue weighted by molar-refractivity contribution is 5.84. The molecule has 3 heterocycles. The summed E-state index contributed by atoms with van der Waals surface area (Å²) in [6.45, 7) is 5.72. The van der Waals surface area contributed by atoms with Gasteiger partial charge in [0.15, 0.2) is 23.2 Å². The lowest BCUT2D eigenvalue weighted by Crippen LogP contribution is -2.35. The first-order valence-electron chi connectivity index (χ1n) is 11.3. The van der Waals surface area contributed by atoms with Crippen molar-refractivity contribution in [2.75, 3.05) is 32.0 Å². The second-order valence-electron chi connectivity index (χ2n) is 7.94. The van der Waals surface area contributed by atoms with Crippen LogP contribution in [-0.4, -0.2) is 85.6 Å². The number of anilines is 1. The number of aromatic nitrogens is 4. The molecule has 1 fully saturated rings. The molecule has 1 saturated heterocycles. The van der Waals surface area contributed by atoms with E-state index >= 15 is 0 Å². The number of nitrogen functional groups attached to an aromatic ring is 1. The molecule has 0 aliphatic carbocycles. The predicted molar refractivity (Wildman–Crippen MR) is 125 cm³/mol. The lowest BCUT2D eigenvalue weighted by Gasteiger charge is -2.21. The zero-order valence-electron chi connectivity index (χ0n) is 19.2. The van der Waals surface area contributed by atoms with Crippen molar-refractivity contribution in [3.63, 3.8) is 0 Å². The number of nitrogens with zero attached hydrogens (tertiary/aromatic N) is 6. The van der Waals surface area contributed by atoms with Crippen molar-refractivity contribution in [3.8, 4) is 12.3 Å². The maximum atomic E-state index is 10.5. The van der Waals surface area contributed by atoms with Gasteiger partial charge in [0.2, 0.25) is 5.95 Å². The Balaban J connectivity index is 1.93. The molecular weight excluding hydrogens is 426 g/mol. The molecule has 1 aliphatic heterocycles. The number of imidazole rings is 1. The van der Waals surface area contributed by atoms with Crippen LogP contribution >= 0.6 is 0 Å². The smallest absolute Gasteiger partial charge is 0.224 e. The van der Waals surface area contributed by atoms with Gasteiger partial charge in [-0.25, -0.2) is 9.98 Å². The molecule has 33 heavy (non-hydrogen) atoms. The number of unbranched alkanes of at least 4 members (excludes halogenated alkanes) is 2. The standard InChI is InChI=1S/C22H33N7O4/c1-4-7-9-28(10-8-5-2)13-25-19-16-20(27-22(23)26-19)29(14-24-16)21-18(32-11-6-3)17(31)15(12-30)33-21/h3,13-15,17-18,21,30-31H,4-5,7-12H2,1-2H3,(H2,23,26,27)/b25-13+/t15-,17-,18-,21-/m1/s1. The number of terminal acetylenes is 1. The van der Waals surface area contributed by atoms with E-state index in [1.807, 2.05) is 0 Å². The fourth-order valence-corrected chi connectivity index (χ4v) is 3.70. The van der Waals surface area contributed by atoms with E-state index in [1.165, 1.54) is 6.33 Å². The fourth-order valence-electron chi connectivity index (χ4n) is 3.70. The van der Waals surface area contributed by atoms with Crippen molar-refractivity contribution >= 4 is 29.3 Å². The van der Waals surface area contributed by atoms with Crippen LogP contribution < -0.4 is 5.73 Å². The summed E-state index contributed by atoms with van der Waals surface area (Å²) in [7, 11) is 0. The molecule has 1 aliphatic rings. The maximum absolute atomic E-state index is 10.5. The van der Waals surface area contributed by atoms with Crippen LogP contribution in [0.15, 0.2) is 11.3 Å². The molecule has 4 N–H and O–H groups in total. The number of nitrogens with two attached hydrogens (primary N) is 1. The van der Waals surface area contributed by atoms with Gasteiger partial charge in [-0.3, -0.25) is 4.57 Å². The van der Waals surface area contributed by atoms with Crippen LogP contribution in [0.25, 0.3) is 11.2 Å². The Morgan fingerprint density at radius 1 is 1.33 bits per heavy atom. The van der Waals surface area contributed by atoms with E-state index in [0.29, 0.717) is 17.0 Å². The van der Waals surface area contributed by atoms with E-state index in [-0.39, 0.29) is 19.2 Å². The molecule has 3 rings (SSSR count). The van der Waals surface area contributed by atoms with Gasteiger partial charge in [0.25, 0.3) is 0 Å². The second kappa shape index (κ2) is 11.9. The molecule has 0 radical (unpaired) electrons. The van der Waals surface area contributed by atoms with Gasteiger partial charge >= 0.3 is 0 Å². The Labute approximate surface area is 193 Å². The highest BCUT2D eigenvalue weighted by atomic mass is 16.6. The van der Waals surface area contributed by atoms with Gasteiger partial charge in [0, 0.05) is 13.1 Å². The van der Waals surface area contributed by atoms with Gasteiger partial charge in [-0.2, -0.15) is 9.97 Å². The van der Waals surface area contributed by atoms with Gasteiger partial charge in [0.1, 0.15) is 24.9 Å². The minimum Gasteiger partial charge on any atom is -0.394 e. The van der Waals surface area contributed by atoms with Crippen molar-refractivity contribution in [2.45, 2.75) is 64.1 Å². The third-order valence-corrected chi connectivity index (χ3v) is 5.49. The average molecular weight is 460 g/mol. The van der Waals surface area contributed by atoms with E-state index in [4.69, 9.17) is 21.6 Å². The summed E-state index contributed by atoms with van der Waals surface area (Å²) in [5, 5.41) is 20.1. The molecular formula is C22H33N7O4. The first-order chi connectivity index (χ1) is 16.0. The van der Waals surface area contributed by atoms with Crippen LogP contribution in [0.4, 0.5) is 11.8 Å². The van der Waals surface area contributed by atoms with E-state index < -0.39 is 24.5 Å². The number of aliphatic imine (C=N–C) groups is 1. The zero-order chi connectivity index (χ0) is 23.8. The quantitative estimate of drug-likeness (QED) is 0.242. The summed E-state index contributed by atoms with van der Waals surface area (Å²) in [6.07, 6.45) is 9.37. The summed E-state index contributed by atoms with van der Waals surface area (Å²) in [4.78, 5) is 19.7. The Morgan fingerprint density at radius 3 is 2.70 bits per heavy atom. The summed E-state index contributed by atoms with van der Waals surface area (Å²) in [5.41, 5.74) is 6.80. The first-order valence-corrected chi connectivity index (χ1v) is 11.3. The molecule has 11 nitrogen and oxygen atoms in total. The Hall–Kier alpha value is -2.78. The number of rotatable bonds is 12. The average Bonchev–Trinajstić information content (AvgIpc) is 3.37. The van der Waals surface area contributed by atoms with E-state index in [2.05, 4.69) is 44.6 Å². The molecule has 4 atom stereocenters. The topological polar surface area (TPSA) is 144 Å². The van der Waals surface area contributed by atoms with Crippen LogP contribution in [0.5, 0.6) is 0 Å². The van der Waals surface area contributed by atoms with Crippen molar-refractivity contribution in [2.24, 2.45) is 4.99 Å². The second-order valence-corrected chi connectivity index (χ2v) is 7.94. The van der Waals surface area contributed by atoms with Crippen LogP contribution in [-0.2, 0) is 9.47 Å². The third-order valence-electron chi connectivity index (χ3n) is 5.49. The highest BCUT2D eigenvalue weighted by Crippen LogP contribution is 2.34. The molecule has 0 bridgehead atoms. The summed E-state index contributed by atoms with van der Waals surface area (Å²) in [5.74, 6) is 2.75. The van der Waals surface area contributed by atoms with Gasteiger partial charge in [-0.1, -0.05) is 32.6 Å². The monoisotopic (exact) mass is 459 g/mol. The lowest BCUT2D eigenvalue weighted by molar-refractivity contribution is -0.0636. The molecule has 2 aromatic rings. The number of aliphatic hydroxyl groups is 2. The Morgan fingerprint density at radius 2 is 2.06 bits per heavy atom. The maximum Gasteiger partial charge on any atom is 0.224 e. The van der Waals surface area contributed by atoms with Crippen molar-refractivity contribution in [3.05, 3.63) is 6.33 Å². The predicted octanol–water partition coefficient (Wildman–Crippen LogP) is 1.24. The molecule has 0 amide bonds. The highest BCUT2D eigenvalue weighted by Gasteiger charge is 2.45. The number of aliphatic hydroxyl groups excluding tert-OH is 2. The molecule has 2 aromatic heterocycles. The van der Waals surface area contributed by atoms with Crippen LogP contribution in [0.2, 0.25) is 0 Å². The molecule has 0 aromatic carbocycles. The van der Waals surface area contributed by atoms with Gasteiger partial charge < -0.3 is 30.3 Å². The molecule has 180 valence electrons.